The second kappa shape index (κ2) is 9.01. The number of hydrogen-bond acceptors (Lipinski definition) is 5. The van der Waals surface area contributed by atoms with Crippen LogP contribution in [0.4, 0.5) is 0 Å². The highest BCUT2D eigenvalue weighted by Gasteiger charge is 2.60. The summed E-state index contributed by atoms with van der Waals surface area (Å²) in [6.07, 6.45) is 9.69. The van der Waals surface area contributed by atoms with E-state index in [4.69, 9.17) is 9.47 Å². The molecule has 1 aliphatic heterocycles. The zero-order chi connectivity index (χ0) is 22.8. The van der Waals surface area contributed by atoms with Gasteiger partial charge in [0.15, 0.2) is 0 Å². The predicted molar refractivity (Wildman–Crippen MR) is 116 cm³/mol. The number of hydrogen-bond donors (Lipinski definition) is 1. The summed E-state index contributed by atoms with van der Waals surface area (Å²) in [5.74, 6) is -1.26. The molecule has 0 radical (unpaired) electrons. The quantitative estimate of drug-likeness (QED) is 0.361. The molecule has 6 nitrogen and oxygen atoms in total. The van der Waals surface area contributed by atoms with Gasteiger partial charge in [-0.05, 0) is 81.3 Å². The Bertz CT molecular complexity index is 850. The fourth-order valence-electron chi connectivity index (χ4n) is 5.80. The fraction of sp³-hybridized carbons (Fsp3) is 0.640. The van der Waals surface area contributed by atoms with Gasteiger partial charge in [-0.3, -0.25) is 4.79 Å². The smallest absolute Gasteiger partial charge is 0.334 e. The number of ether oxygens (including phenoxy) is 2. The van der Waals surface area contributed by atoms with Gasteiger partial charge in [0.25, 0.3) is 0 Å². The van der Waals surface area contributed by atoms with Crippen LogP contribution in [0.1, 0.15) is 66.2 Å². The summed E-state index contributed by atoms with van der Waals surface area (Å²) in [5, 5.41) is 10.5. The summed E-state index contributed by atoms with van der Waals surface area (Å²) in [7, 11) is 0. The fourth-order valence-corrected chi connectivity index (χ4v) is 5.80. The zero-order valence-corrected chi connectivity index (χ0v) is 19.0. The highest BCUT2D eigenvalue weighted by Crippen LogP contribution is 2.62. The summed E-state index contributed by atoms with van der Waals surface area (Å²) in [4.78, 5) is 36.9. The number of allylic oxidation sites excluding steroid dienone is 2. The highest BCUT2D eigenvalue weighted by molar-refractivity contribution is 5.90. The second-order valence-electron chi connectivity index (χ2n) is 9.46. The SMILES string of the molecule is C/C=C(/C)C(=O)OCC1=CCC[C@@H]2[C@@]1(C(=O)O)CC[C@@H](C)[C@@]2(C)CCC1=CCOC1=O. The van der Waals surface area contributed by atoms with Crippen LogP contribution >= 0.6 is 0 Å². The van der Waals surface area contributed by atoms with Gasteiger partial charge in [0, 0.05) is 11.1 Å². The van der Waals surface area contributed by atoms with Crippen molar-refractivity contribution in [1.82, 2.24) is 0 Å². The minimum Gasteiger partial charge on any atom is -0.481 e. The Morgan fingerprint density at radius 2 is 2.06 bits per heavy atom. The number of carbonyl (C=O) groups is 3. The Balaban J connectivity index is 1.88. The van der Waals surface area contributed by atoms with Crippen molar-refractivity contribution < 1.29 is 29.0 Å². The van der Waals surface area contributed by atoms with E-state index >= 15 is 0 Å². The highest BCUT2D eigenvalue weighted by atomic mass is 16.5. The average molecular weight is 431 g/mol. The summed E-state index contributed by atoms with van der Waals surface area (Å²) in [6, 6.07) is 0. The lowest BCUT2D eigenvalue weighted by atomic mass is 9.46. The second-order valence-corrected chi connectivity index (χ2v) is 9.46. The van der Waals surface area contributed by atoms with Crippen LogP contribution in [0.3, 0.4) is 0 Å². The number of aliphatic carboxylic acids is 1. The van der Waals surface area contributed by atoms with Crippen molar-refractivity contribution in [3.63, 3.8) is 0 Å². The van der Waals surface area contributed by atoms with Crippen LogP contribution in [0.2, 0.25) is 0 Å². The first kappa shape index (κ1) is 23.3. The third-order valence-corrected chi connectivity index (χ3v) is 8.14. The minimum absolute atomic E-state index is 0.00868. The van der Waals surface area contributed by atoms with E-state index in [2.05, 4.69) is 13.8 Å². The Labute approximate surface area is 184 Å². The molecule has 0 aromatic carbocycles. The first-order valence-electron chi connectivity index (χ1n) is 11.3. The molecule has 0 amide bonds. The van der Waals surface area contributed by atoms with Crippen LogP contribution in [0.25, 0.3) is 0 Å². The van der Waals surface area contributed by atoms with E-state index in [0.29, 0.717) is 42.1 Å². The number of carboxylic acid groups (broad SMARTS) is 1. The lowest BCUT2D eigenvalue weighted by Gasteiger charge is -2.57. The van der Waals surface area contributed by atoms with Crippen LogP contribution < -0.4 is 0 Å². The van der Waals surface area contributed by atoms with Gasteiger partial charge in [0.2, 0.25) is 0 Å². The van der Waals surface area contributed by atoms with Crippen LogP contribution in [-0.2, 0) is 23.9 Å². The topological polar surface area (TPSA) is 89.9 Å². The maximum absolute atomic E-state index is 12.8. The van der Waals surface area contributed by atoms with Crippen molar-refractivity contribution in [1.29, 1.82) is 0 Å². The summed E-state index contributed by atoms with van der Waals surface area (Å²) < 4.78 is 10.5. The van der Waals surface area contributed by atoms with Crippen LogP contribution in [0, 0.1) is 22.7 Å². The van der Waals surface area contributed by atoms with Gasteiger partial charge in [-0.25, -0.2) is 9.59 Å². The number of carboxylic acids is 1. The molecule has 2 aliphatic carbocycles. The molecule has 31 heavy (non-hydrogen) atoms. The Hall–Kier alpha value is -2.37. The summed E-state index contributed by atoms with van der Waals surface area (Å²) in [6.45, 7) is 8.17. The van der Waals surface area contributed by atoms with E-state index < -0.39 is 17.4 Å². The number of cyclic esters (lactones) is 1. The zero-order valence-electron chi connectivity index (χ0n) is 19.0. The van der Waals surface area contributed by atoms with E-state index in [1.54, 1.807) is 19.9 Å². The number of carbonyl (C=O) groups excluding carboxylic acids is 2. The molecule has 0 unspecified atom stereocenters. The van der Waals surface area contributed by atoms with Crippen molar-refractivity contribution in [3.8, 4) is 0 Å². The molecule has 4 atom stereocenters. The standard InChI is InChI=1S/C25H34O6/c1-5-16(2)21(26)31-15-19-7-6-8-20-24(4,12-10-18-11-14-30-22(18)27)17(3)9-13-25(19,20)23(28)29/h5,7,11,17,20H,6,8-10,12-15H2,1-4H3,(H,28,29)/b16-5-/t17-,20+,24-,25-/m1/s1. The monoisotopic (exact) mass is 430 g/mol. The molecule has 1 saturated carbocycles. The first-order valence-corrected chi connectivity index (χ1v) is 11.3. The molecular weight excluding hydrogens is 396 g/mol. The Morgan fingerprint density at radius 3 is 2.68 bits per heavy atom. The maximum Gasteiger partial charge on any atom is 0.334 e. The molecule has 6 heteroatoms. The minimum atomic E-state index is -1.03. The molecule has 170 valence electrons. The van der Waals surface area contributed by atoms with Gasteiger partial charge in [0.05, 0.1) is 5.41 Å². The largest absolute Gasteiger partial charge is 0.481 e. The Kier molecular flexibility index (Phi) is 6.77. The molecule has 0 spiro atoms. The van der Waals surface area contributed by atoms with E-state index in [-0.39, 0.29) is 23.9 Å². The molecular formula is C25H34O6. The van der Waals surface area contributed by atoms with E-state index in [1.807, 2.05) is 12.2 Å². The van der Waals surface area contributed by atoms with Gasteiger partial charge < -0.3 is 14.6 Å². The molecule has 1 heterocycles. The van der Waals surface area contributed by atoms with Crippen molar-refractivity contribution in [2.75, 3.05) is 13.2 Å². The number of rotatable bonds is 7. The molecule has 3 aliphatic rings. The average Bonchev–Trinajstić information content (AvgIpc) is 3.17. The van der Waals surface area contributed by atoms with Crippen LogP contribution in [-0.4, -0.2) is 36.2 Å². The van der Waals surface area contributed by atoms with Crippen molar-refractivity contribution >= 4 is 17.9 Å². The molecule has 3 rings (SSSR count). The van der Waals surface area contributed by atoms with Gasteiger partial charge in [-0.2, -0.15) is 0 Å². The van der Waals surface area contributed by atoms with E-state index in [9.17, 15) is 19.5 Å². The molecule has 0 saturated heterocycles. The number of fused-ring (bicyclic) bond motifs is 1. The molecule has 0 aromatic rings. The third kappa shape index (κ3) is 4.09. The van der Waals surface area contributed by atoms with Crippen molar-refractivity contribution in [3.05, 3.63) is 34.9 Å². The van der Waals surface area contributed by atoms with Gasteiger partial charge in [-0.1, -0.05) is 26.0 Å². The molecule has 1 fully saturated rings. The molecule has 0 aromatic heterocycles. The number of esters is 2. The Morgan fingerprint density at radius 1 is 1.32 bits per heavy atom. The van der Waals surface area contributed by atoms with Crippen molar-refractivity contribution in [2.45, 2.75) is 66.2 Å². The van der Waals surface area contributed by atoms with Gasteiger partial charge in [0.1, 0.15) is 13.2 Å². The van der Waals surface area contributed by atoms with Crippen molar-refractivity contribution in [2.24, 2.45) is 22.7 Å². The molecule has 1 N–H and O–H groups in total. The van der Waals surface area contributed by atoms with Gasteiger partial charge >= 0.3 is 17.9 Å². The maximum atomic E-state index is 12.8. The van der Waals surface area contributed by atoms with Crippen LogP contribution in [0.5, 0.6) is 0 Å². The predicted octanol–water partition coefficient (Wildman–Crippen LogP) is 4.60. The summed E-state index contributed by atoms with van der Waals surface area (Å²) >= 11 is 0. The van der Waals surface area contributed by atoms with E-state index in [1.165, 1.54) is 0 Å². The van der Waals surface area contributed by atoms with Gasteiger partial charge in [-0.15, -0.1) is 0 Å². The van der Waals surface area contributed by atoms with Crippen LogP contribution in [0.15, 0.2) is 34.9 Å². The normalized spacial score (nSPS) is 33.2. The lowest BCUT2D eigenvalue weighted by Crippen LogP contribution is -2.55. The lowest BCUT2D eigenvalue weighted by molar-refractivity contribution is -0.164. The van der Waals surface area contributed by atoms with E-state index in [0.717, 1.165) is 25.7 Å². The summed E-state index contributed by atoms with van der Waals surface area (Å²) in [5.41, 5.74) is 0.640. The first-order chi connectivity index (χ1) is 14.7. The molecule has 0 bridgehead atoms. The third-order valence-electron chi connectivity index (χ3n) is 8.14.